The van der Waals surface area contributed by atoms with E-state index in [1.807, 2.05) is 4.68 Å². The summed E-state index contributed by atoms with van der Waals surface area (Å²) in [7, 11) is 0. The summed E-state index contributed by atoms with van der Waals surface area (Å²) in [6.07, 6.45) is 6.10. The molecule has 2 aliphatic rings. The lowest BCUT2D eigenvalue weighted by Crippen LogP contribution is -2.42. The number of nitrogens with two attached hydrogens (primary N) is 1. The molecule has 1 amide bonds. The van der Waals surface area contributed by atoms with Crippen molar-refractivity contribution in [1.82, 2.24) is 15.1 Å². The quantitative estimate of drug-likeness (QED) is 0.469. The number of anilines is 1. The summed E-state index contributed by atoms with van der Waals surface area (Å²) < 4.78 is 17.1. The largest absolute Gasteiger partial charge is 0.480 e. The molecule has 0 saturated heterocycles. The first-order valence-corrected chi connectivity index (χ1v) is 12.0. The molecule has 1 saturated carbocycles. The number of carbonyl (C=O) groups is 2. The third-order valence-corrected chi connectivity index (χ3v) is 7.14. The predicted octanol–water partition coefficient (Wildman–Crippen LogP) is 3.19. The Kier molecular flexibility index (Phi) is 6.66. The van der Waals surface area contributed by atoms with Crippen LogP contribution in [0.3, 0.4) is 0 Å². The van der Waals surface area contributed by atoms with Gasteiger partial charge in [-0.2, -0.15) is 5.10 Å². The molecule has 2 aliphatic carbocycles. The van der Waals surface area contributed by atoms with E-state index in [1.54, 1.807) is 6.07 Å². The van der Waals surface area contributed by atoms with Gasteiger partial charge in [0.25, 0.3) is 5.91 Å². The van der Waals surface area contributed by atoms with Gasteiger partial charge in [-0.05, 0) is 62.0 Å². The third-order valence-electron chi connectivity index (χ3n) is 7.14. The van der Waals surface area contributed by atoms with Crippen LogP contribution in [0.1, 0.15) is 73.8 Å². The number of benzene rings is 1. The topological polar surface area (TPSA) is 122 Å². The molecule has 2 aromatic rings. The Morgan fingerprint density at radius 3 is 2.71 bits per heavy atom. The molecule has 0 aliphatic heterocycles. The zero-order valence-electron chi connectivity index (χ0n) is 20.1. The van der Waals surface area contributed by atoms with Crippen LogP contribution in [0.5, 0.6) is 0 Å². The van der Waals surface area contributed by atoms with Crippen molar-refractivity contribution >= 4 is 17.6 Å². The van der Waals surface area contributed by atoms with Crippen LogP contribution in [-0.2, 0) is 24.1 Å². The summed E-state index contributed by atoms with van der Waals surface area (Å²) in [6, 6.07) is 2.82. The Labute approximate surface area is 199 Å². The molecule has 0 bridgehead atoms. The number of fused-ring (bicyclic) bond motifs is 1. The zero-order valence-corrected chi connectivity index (χ0v) is 20.1. The number of aromatic nitrogens is 2. The Morgan fingerprint density at radius 1 is 1.29 bits per heavy atom. The number of carbonyl (C=O) groups excluding carboxylic acids is 1. The molecule has 1 fully saturated rings. The number of hydrogen-bond acceptors (Lipinski definition) is 5. The van der Waals surface area contributed by atoms with Crippen molar-refractivity contribution in [3.05, 3.63) is 40.5 Å². The van der Waals surface area contributed by atoms with Crippen molar-refractivity contribution in [3.8, 4) is 5.69 Å². The zero-order chi connectivity index (χ0) is 24.6. The van der Waals surface area contributed by atoms with E-state index in [2.05, 4.69) is 31.4 Å². The third kappa shape index (κ3) is 4.80. The molecule has 4 rings (SSSR count). The van der Waals surface area contributed by atoms with Crippen molar-refractivity contribution < 1.29 is 19.1 Å². The first-order chi connectivity index (χ1) is 16.1. The molecule has 5 N–H and O–H groups in total. The van der Waals surface area contributed by atoms with E-state index in [4.69, 9.17) is 15.9 Å². The van der Waals surface area contributed by atoms with Crippen LogP contribution in [0, 0.1) is 11.2 Å². The van der Waals surface area contributed by atoms with E-state index in [9.17, 15) is 9.59 Å². The minimum absolute atomic E-state index is 0.103. The van der Waals surface area contributed by atoms with Gasteiger partial charge in [-0.3, -0.25) is 9.59 Å². The van der Waals surface area contributed by atoms with Gasteiger partial charge in [0.2, 0.25) is 0 Å². The van der Waals surface area contributed by atoms with Gasteiger partial charge in [0.05, 0.1) is 29.2 Å². The van der Waals surface area contributed by atoms with Crippen LogP contribution in [0.25, 0.3) is 5.69 Å². The maximum Gasteiger partial charge on any atom is 0.317 e. The summed E-state index contributed by atoms with van der Waals surface area (Å²) in [5, 5.41) is 20.2. The number of hydrogen-bond donors (Lipinski definition) is 4. The second-order valence-corrected chi connectivity index (χ2v) is 10.3. The predicted molar refractivity (Wildman–Crippen MR) is 128 cm³/mol. The van der Waals surface area contributed by atoms with E-state index >= 15 is 4.39 Å². The molecule has 34 heavy (non-hydrogen) atoms. The Bertz CT molecular complexity index is 1110. The van der Waals surface area contributed by atoms with E-state index in [-0.39, 0.29) is 29.6 Å². The fourth-order valence-electron chi connectivity index (χ4n) is 5.38. The van der Waals surface area contributed by atoms with Crippen molar-refractivity contribution in [3.63, 3.8) is 0 Å². The highest BCUT2D eigenvalue weighted by Crippen LogP contribution is 2.38. The van der Waals surface area contributed by atoms with Crippen molar-refractivity contribution in [2.24, 2.45) is 11.1 Å². The number of nitrogens with zero attached hydrogens (tertiary/aromatic N) is 2. The summed E-state index contributed by atoms with van der Waals surface area (Å²) in [5.74, 6) is -2.48. The molecule has 0 radical (unpaired) electrons. The highest BCUT2D eigenvalue weighted by Gasteiger charge is 2.32. The molecule has 1 heterocycles. The monoisotopic (exact) mass is 471 g/mol. The highest BCUT2D eigenvalue weighted by atomic mass is 19.1. The lowest BCUT2D eigenvalue weighted by Gasteiger charge is -2.30. The van der Waals surface area contributed by atoms with Crippen LogP contribution in [0.2, 0.25) is 0 Å². The van der Waals surface area contributed by atoms with E-state index < -0.39 is 17.7 Å². The van der Waals surface area contributed by atoms with Crippen LogP contribution in [0.4, 0.5) is 10.1 Å². The standard InChI is InChI=1S/C25H34FN5O3/c1-4-17-15-8-9-25(2,3)12-21(15)31(30-17)14-10-16(26)23(24(27)34)20(11-14)29-19-7-5-6-18(19)28-13-22(32)33/h10-11,18-19,28-29H,4-9,12-13H2,1-3H3,(H2,27,34)(H,32,33). The van der Waals surface area contributed by atoms with E-state index in [0.717, 1.165) is 56.3 Å². The maximum atomic E-state index is 15.3. The fourth-order valence-corrected chi connectivity index (χ4v) is 5.38. The number of amides is 1. The van der Waals surface area contributed by atoms with Gasteiger partial charge in [-0.25, -0.2) is 9.07 Å². The lowest BCUT2D eigenvalue weighted by molar-refractivity contribution is -0.136. The molecule has 184 valence electrons. The number of rotatable bonds is 8. The van der Waals surface area contributed by atoms with Gasteiger partial charge in [0.15, 0.2) is 0 Å². The van der Waals surface area contributed by atoms with Crippen LogP contribution in [-0.4, -0.2) is 45.4 Å². The van der Waals surface area contributed by atoms with Gasteiger partial charge < -0.3 is 21.5 Å². The van der Waals surface area contributed by atoms with Gasteiger partial charge in [-0.15, -0.1) is 0 Å². The van der Waals surface area contributed by atoms with Crippen molar-refractivity contribution in [2.75, 3.05) is 11.9 Å². The van der Waals surface area contributed by atoms with Gasteiger partial charge in [-0.1, -0.05) is 20.8 Å². The van der Waals surface area contributed by atoms with Gasteiger partial charge >= 0.3 is 5.97 Å². The first kappa shape index (κ1) is 24.2. The van der Waals surface area contributed by atoms with Gasteiger partial charge in [0.1, 0.15) is 5.82 Å². The number of aryl methyl sites for hydroxylation is 1. The average Bonchev–Trinajstić information content (AvgIpc) is 3.34. The lowest BCUT2D eigenvalue weighted by atomic mass is 9.76. The minimum atomic E-state index is -0.936. The highest BCUT2D eigenvalue weighted by molar-refractivity contribution is 5.99. The molecule has 1 aromatic heterocycles. The second-order valence-electron chi connectivity index (χ2n) is 10.3. The number of carboxylic acid groups (broad SMARTS) is 1. The summed E-state index contributed by atoms with van der Waals surface area (Å²) >= 11 is 0. The van der Waals surface area contributed by atoms with E-state index in [1.165, 1.54) is 11.6 Å². The van der Waals surface area contributed by atoms with Crippen molar-refractivity contribution in [1.29, 1.82) is 0 Å². The van der Waals surface area contributed by atoms with Gasteiger partial charge in [0, 0.05) is 23.8 Å². The summed E-state index contributed by atoms with van der Waals surface area (Å²) in [4.78, 5) is 23.2. The molecular formula is C25H34FN5O3. The molecule has 1 aromatic carbocycles. The van der Waals surface area contributed by atoms with Crippen LogP contribution in [0.15, 0.2) is 12.1 Å². The summed E-state index contributed by atoms with van der Waals surface area (Å²) in [6.45, 7) is 6.37. The van der Waals surface area contributed by atoms with Crippen molar-refractivity contribution in [2.45, 2.75) is 77.8 Å². The Morgan fingerprint density at radius 2 is 2.03 bits per heavy atom. The average molecular weight is 472 g/mol. The molecule has 8 nitrogen and oxygen atoms in total. The maximum absolute atomic E-state index is 15.3. The first-order valence-electron chi connectivity index (χ1n) is 12.0. The smallest absolute Gasteiger partial charge is 0.317 e. The number of halogens is 1. The SMILES string of the molecule is CCc1nn(-c2cc(F)c(C(N)=O)c(NC3CCCC3NCC(=O)O)c2)c2c1CCC(C)(C)C2. The molecular weight excluding hydrogens is 437 g/mol. The molecule has 9 heteroatoms. The normalized spacial score (nSPS) is 21.3. The molecule has 0 spiro atoms. The number of carboxylic acids is 1. The number of aliphatic carboxylic acids is 1. The summed E-state index contributed by atoms with van der Waals surface area (Å²) in [5.41, 5.74) is 9.69. The Balaban J connectivity index is 1.74. The molecule has 2 unspecified atom stereocenters. The number of primary amides is 1. The van der Waals surface area contributed by atoms with Crippen LogP contribution >= 0.6 is 0 Å². The molecule has 2 atom stereocenters. The Hall–Kier alpha value is -2.94. The fraction of sp³-hybridized carbons (Fsp3) is 0.560. The van der Waals surface area contributed by atoms with E-state index in [0.29, 0.717) is 11.4 Å². The second kappa shape index (κ2) is 9.37. The minimum Gasteiger partial charge on any atom is -0.480 e. The van der Waals surface area contributed by atoms with Crippen LogP contribution < -0.4 is 16.4 Å². The number of nitrogens with one attached hydrogen (secondary N) is 2.